The average molecular weight is 440 g/mol. The van der Waals surface area contributed by atoms with Crippen LogP contribution in [0.3, 0.4) is 0 Å². The first-order valence-corrected chi connectivity index (χ1v) is 10.6. The number of hydrogen-bond acceptors (Lipinski definition) is 7. The average Bonchev–Trinajstić information content (AvgIpc) is 3.11. The van der Waals surface area contributed by atoms with Crippen molar-refractivity contribution in [3.8, 4) is 17.5 Å². The number of carbonyl (C=O) groups is 1. The molecule has 0 saturated carbocycles. The number of nitrogens with one attached hydrogen (secondary N) is 1. The number of nitriles is 1. The van der Waals surface area contributed by atoms with Gasteiger partial charge in [-0.3, -0.25) is 4.72 Å². The van der Waals surface area contributed by atoms with E-state index in [0.29, 0.717) is 23.7 Å². The third kappa shape index (κ3) is 4.46. The number of benzene rings is 2. The van der Waals surface area contributed by atoms with Crippen molar-refractivity contribution in [1.82, 2.24) is 4.57 Å². The highest BCUT2D eigenvalue weighted by atomic mass is 32.2. The zero-order chi connectivity index (χ0) is 22.6. The Morgan fingerprint density at radius 1 is 1.16 bits per heavy atom. The summed E-state index contributed by atoms with van der Waals surface area (Å²) >= 11 is 0. The Morgan fingerprint density at radius 2 is 1.81 bits per heavy atom. The van der Waals surface area contributed by atoms with Gasteiger partial charge in [0.25, 0.3) is 10.0 Å². The van der Waals surface area contributed by atoms with Gasteiger partial charge in [-0.05, 0) is 55.5 Å². The second kappa shape index (κ2) is 8.81. The van der Waals surface area contributed by atoms with Gasteiger partial charge < -0.3 is 19.8 Å². The van der Waals surface area contributed by atoms with E-state index in [2.05, 4.69) is 4.72 Å². The number of rotatable bonds is 7. The van der Waals surface area contributed by atoms with Gasteiger partial charge in [-0.2, -0.15) is 5.26 Å². The van der Waals surface area contributed by atoms with Crippen molar-refractivity contribution in [3.63, 3.8) is 0 Å². The molecule has 0 fully saturated rings. The van der Waals surface area contributed by atoms with Crippen molar-refractivity contribution < 1.29 is 22.7 Å². The normalized spacial score (nSPS) is 10.9. The summed E-state index contributed by atoms with van der Waals surface area (Å²) in [5.41, 5.74) is 6.79. The van der Waals surface area contributed by atoms with Crippen molar-refractivity contribution in [2.45, 2.75) is 11.8 Å². The van der Waals surface area contributed by atoms with Gasteiger partial charge in [0.15, 0.2) is 5.69 Å². The Bertz CT molecular complexity index is 1240. The fraction of sp³-hybridized carbons (Fsp3) is 0.143. The minimum atomic E-state index is -3.84. The Labute approximate surface area is 179 Å². The third-order valence-corrected chi connectivity index (χ3v) is 5.78. The monoisotopic (exact) mass is 440 g/mol. The van der Waals surface area contributed by atoms with E-state index in [4.69, 9.17) is 15.2 Å². The number of nitrogens with zero attached hydrogens (tertiary/aromatic N) is 2. The molecule has 3 rings (SSSR count). The van der Waals surface area contributed by atoms with Gasteiger partial charge in [-0.1, -0.05) is 0 Å². The van der Waals surface area contributed by atoms with Gasteiger partial charge in [0, 0.05) is 17.6 Å². The molecule has 0 atom stereocenters. The molecule has 3 aromatic rings. The van der Waals surface area contributed by atoms with Crippen LogP contribution in [0.5, 0.6) is 5.75 Å². The lowest BCUT2D eigenvalue weighted by Crippen LogP contribution is -2.13. The lowest BCUT2D eigenvalue weighted by atomic mass is 10.2. The molecular formula is C21H20N4O5S. The summed E-state index contributed by atoms with van der Waals surface area (Å²) in [6, 6.07) is 14.2. The van der Waals surface area contributed by atoms with Gasteiger partial charge in [0.1, 0.15) is 11.8 Å². The summed E-state index contributed by atoms with van der Waals surface area (Å²) in [5, 5.41) is 9.20. The van der Waals surface area contributed by atoms with E-state index in [1.165, 1.54) is 42.1 Å². The van der Waals surface area contributed by atoms with Gasteiger partial charge in [0.2, 0.25) is 0 Å². The largest absolute Gasteiger partial charge is 0.494 e. The van der Waals surface area contributed by atoms with Crippen LogP contribution in [0.2, 0.25) is 0 Å². The van der Waals surface area contributed by atoms with E-state index in [1.807, 2.05) is 13.0 Å². The number of ether oxygens (including phenoxy) is 2. The van der Waals surface area contributed by atoms with E-state index in [9.17, 15) is 18.5 Å². The number of aromatic nitrogens is 1. The Morgan fingerprint density at radius 3 is 2.35 bits per heavy atom. The minimum absolute atomic E-state index is 0.0109. The van der Waals surface area contributed by atoms with E-state index >= 15 is 0 Å². The fourth-order valence-electron chi connectivity index (χ4n) is 2.90. The van der Waals surface area contributed by atoms with Crippen LogP contribution in [-0.2, 0) is 14.8 Å². The number of anilines is 2. The van der Waals surface area contributed by atoms with Crippen molar-refractivity contribution in [1.29, 1.82) is 5.26 Å². The zero-order valence-corrected chi connectivity index (χ0v) is 17.6. The second-order valence-corrected chi connectivity index (χ2v) is 8.02. The minimum Gasteiger partial charge on any atom is -0.494 e. The zero-order valence-electron chi connectivity index (χ0n) is 16.8. The first kappa shape index (κ1) is 21.7. The van der Waals surface area contributed by atoms with E-state index in [1.54, 1.807) is 24.3 Å². The number of nitrogen functional groups attached to an aromatic ring is 1. The fourth-order valence-corrected chi connectivity index (χ4v) is 3.96. The molecule has 0 bridgehead atoms. The molecule has 0 aliphatic rings. The maximum atomic E-state index is 12.7. The highest BCUT2D eigenvalue weighted by molar-refractivity contribution is 7.92. The summed E-state index contributed by atoms with van der Waals surface area (Å²) in [7, 11) is -2.64. The van der Waals surface area contributed by atoms with E-state index < -0.39 is 16.0 Å². The second-order valence-electron chi connectivity index (χ2n) is 6.34. The van der Waals surface area contributed by atoms with E-state index in [0.717, 1.165) is 0 Å². The lowest BCUT2D eigenvalue weighted by molar-refractivity contribution is 0.0593. The molecule has 160 valence electrons. The molecule has 0 radical (unpaired) electrons. The number of esters is 1. The molecule has 31 heavy (non-hydrogen) atoms. The highest BCUT2D eigenvalue weighted by Gasteiger charge is 2.22. The molecule has 2 aromatic carbocycles. The molecule has 3 N–H and O–H groups in total. The molecule has 0 aliphatic heterocycles. The summed E-state index contributed by atoms with van der Waals surface area (Å²) in [4.78, 5) is 12.1. The van der Waals surface area contributed by atoms with Gasteiger partial charge in [-0.25, -0.2) is 13.2 Å². The topological polar surface area (TPSA) is 136 Å². The van der Waals surface area contributed by atoms with Crippen LogP contribution in [0, 0.1) is 11.3 Å². The van der Waals surface area contributed by atoms with Crippen molar-refractivity contribution in [2.75, 3.05) is 24.2 Å². The third-order valence-electron chi connectivity index (χ3n) is 4.39. The molecule has 0 aliphatic carbocycles. The van der Waals surface area contributed by atoms with Crippen LogP contribution in [0.15, 0.2) is 59.6 Å². The number of sulfonamides is 1. The smallest absolute Gasteiger partial charge is 0.357 e. The molecule has 0 spiro atoms. The van der Waals surface area contributed by atoms with Crippen LogP contribution in [-0.4, -0.2) is 32.7 Å². The molecule has 0 amide bonds. The lowest BCUT2D eigenvalue weighted by Gasteiger charge is -2.11. The van der Waals surface area contributed by atoms with Crippen LogP contribution in [0.1, 0.15) is 23.0 Å². The van der Waals surface area contributed by atoms with Crippen LogP contribution in [0.4, 0.5) is 11.4 Å². The van der Waals surface area contributed by atoms with Gasteiger partial charge in [0.05, 0.1) is 29.9 Å². The maximum absolute atomic E-state index is 12.7. The van der Waals surface area contributed by atoms with Crippen LogP contribution < -0.4 is 15.2 Å². The quantitative estimate of drug-likeness (QED) is 0.539. The van der Waals surface area contributed by atoms with Crippen molar-refractivity contribution in [3.05, 3.63) is 66.0 Å². The van der Waals surface area contributed by atoms with Gasteiger partial charge >= 0.3 is 5.97 Å². The number of carbonyl (C=O) groups excluding carboxylic acids is 1. The molecule has 1 aromatic heterocycles. The number of nitrogens with two attached hydrogens (primary N) is 1. The molecular weight excluding hydrogens is 420 g/mol. The van der Waals surface area contributed by atoms with Crippen LogP contribution in [0.25, 0.3) is 5.69 Å². The van der Waals surface area contributed by atoms with Crippen molar-refractivity contribution in [2.24, 2.45) is 0 Å². The summed E-state index contributed by atoms with van der Waals surface area (Å²) in [6.07, 6.45) is 1.39. The molecule has 10 heteroatoms. The van der Waals surface area contributed by atoms with Gasteiger partial charge in [-0.15, -0.1) is 0 Å². The molecule has 1 heterocycles. The summed E-state index contributed by atoms with van der Waals surface area (Å²) in [5.74, 6) is -0.0770. The number of hydrogen-bond donors (Lipinski definition) is 2. The highest BCUT2D eigenvalue weighted by Crippen LogP contribution is 2.26. The first-order chi connectivity index (χ1) is 14.8. The SMILES string of the molecule is CCOc1ccc(NS(=O)(=O)c2ccc(-n3cc(C#N)c(N)c3C(=O)OC)cc2)cc1. The standard InChI is InChI=1S/C21H20N4O5S/c1-3-30-17-8-4-15(5-9-17)24-31(27,28)18-10-6-16(7-11-18)25-13-14(12-22)19(23)20(25)21(26)29-2/h4-11,13,24H,3,23H2,1-2H3. The molecule has 0 unspecified atom stereocenters. The summed E-state index contributed by atoms with van der Waals surface area (Å²) < 4.78 is 39.4. The van der Waals surface area contributed by atoms with Crippen LogP contribution >= 0.6 is 0 Å². The summed E-state index contributed by atoms with van der Waals surface area (Å²) in [6.45, 7) is 2.37. The Hall–Kier alpha value is -3.97. The van der Waals surface area contributed by atoms with E-state index in [-0.39, 0.29) is 21.8 Å². The van der Waals surface area contributed by atoms with Crippen molar-refractivity contribution >= 4 is 27.4 Å². The predicted octanol–water partition coefficient (Wildman–Crippen LogP) is 2.92. The Balaban J connectivity index is 1.89. The molecule has 0 saturated heterocycles. The molecule has 9 nitrogen and oxygen atoms in total. The number of methoxy groups -OCH3 is 1. The first-order valence-electron chi connectivity index (χ1n) is 9.16. The predicted molar refractivity (Wildman–Crippen MR) is 115 cm³/mol. The Kier molecular flexibility index (Phi) is 6.17. The maximum Gasteiger partial charge on any atom is 0.357 e.